The van der Waals surface area contributed by atoms with Crippen molar-refractivity contribution in [3.8, 4) is 0 Å². The molecule has 0 N–H and O–H groups in total. The van der Waals surface area contributed by atoms with E-state index >= 15 is 0 Å². The Kier molecular flexibility index (Phi) is 32.7. The van der Waals surface area contributed by atoms with Crippen molar-refractivity contribution in [3.05, 3.63) is 0 Å². The maximum Gasteiger partial charge on any atom is 0.306 e. The molecule has 0 heterocycles. The minimum absolute atomic E-state index is 0.0283. The Morgan fingerprint density at radius 3 is 0.960 bits per heavy atom. The summed E-state index contributed by atoms with van der Waals surface area (Å²) in [7, 11) is 0. The number of halogens is 7. The average Bonchev–Trinajstić information content (AvgIpc) is 4.31. The fourth-order valence-electron chi connectivity index (χ4n) is 12.8. The summed E-state index contributed by atoms with van der Waals surface area (Å²) in [6.45, 7) is 8.67. The molecule has 0 amide bonds. The van der Waals surface area contributed by atoms with Crippen molar-refractivity contribution >= 4 is 99.1 Å². The standard InChI is InChI=1S/C62H105Cl7O6/c1-5-8-11-13-18-27-35-48-49(59(48,4)63)36-28-20-15-23-32-41-56(70)73-45-47(46-74-57(71)42-33-24-16-21-30-39-51-50(60(51,64)65)38-29-19-14-12-9-6-2)75-58(72)43-34-25-17-22-31-40-53-55(62(53,68)69)44-54-52(61(54,66)67)37-26-10-7-3/h47-55H,5-46H2,1-4H3. The van der Waals surface area contributed by atoms with Crippen LogP contribution in [0.15, 0.2) is 0 Å². The highest BCUT2D eigenvalue weighted by Gasteiger charge is 2.69. The number of carbonyl (C=O) groups is 3. The third-order valence-corrected chi connectivity index (χ3v) is 22.1. The first kappa shape index (κ1) is 67.9. The van der Waals surface area contributed by atoms with E-state index in [1.807, 2.05) is 0 Å². The van der Waals surface area contributed by atoms with Gasteiger partial charge in [0.05, 0.1) is 0 Å². The first-order chi connectivity index (χ1) is 35.9. The second-order valence-corrected chi connectivity index (χ2v) is 29.4. The molecule has 0 aliphatic heterocycles. The fraction of sp³-hybridized carbons (Fsp3) is 0.952. The van der Waals surface area contributed by atoms with E-state index in [0.717, 1.165) is 122 Å². The van der Waals surface area contributed by atoms with Crippen molar-refractivity contribution in [1.29, 1.82) is 0 Å². The SMILES string of the molecule is CCCCCCCCC1C(CCCCCCCC(=O)OCC(COC(=O)CCCCCCCC2C(CCCCCCCC)C2(Cl)Cl)OC(=O)CCCCCCCC2C(CC3C(CCCCC)C3(Cl)Cl)C2(Cl)Cl)C1(C)Cl. The lowest BCUT2D eigenvalue weighted by molar-refractivity contribution is -0.167. The molecular weight excluding hydrogens is 1090 g/mol. The normalized spacial score (nSPS) is 26.9. The number of alkyl halides is 7. The Morgan fingerprint density at radius 1 is 0.347 bits per heavy atom. The average molecular weight is 1190 g/mol. The predicted molar refractivity (Wildman–Crippen MR) is 319 cm³/mol. The molecule has 0 saturated heterocycles. The van der Waals surface area contributed by atoms with E-state index in [0.29, 0.717) is 48.9 Å². The van der Waals surface area contributed by atoms with Crippen LogP contribution in [0.4, 0.5) is 0 Å². The highest BCUT2D eigenvalue weighted by Crippen LogP contribution is 2.71. The van der Waals surface area contributed by atoms with Crippen molar-refractivity contribution in [1.82, 2.24) is 0 Å². The number of carbonyl (C=O) groups excluding carboxylic acids is 3. The summed E-state index contributed by atoms with van der Waals surface area (Å²) < 4.78 is 15.1. The van der Waals surface area contributed by atoms with E-state index in [1.165, 1.54) is 109 Å². The number of esters is 3. The topological polar surface area (TPSA) is 78.9 Å². The summed E-state index contributed by atoms with van der Waals surface area (Å²) in [5, 5.41) is 0. The maximum absolute atomic E-state index is 13.1. The summed E-state index contributed by atoms with van der Waals surface area (Å²) in [6, 6.07) is 0. The molecule has 4 rings (SSSR count). The monoisotopic (exact) mass is 1190 g/mol. The van der Waals surface area contributed by atoms with Gasteiger partial charge in [0.25, 0.3) is 0 Å². The molecule has 6 nitrogen and oxygen atoms in total. The zero-order valence-electron chi connectivity index (χ0n) is 47.5. The number of ether oxygens (including phenoxy) is 3. The van der Waals surface area contributed by atoms with E-state index in [4.69, 9.17) is 95.4 Å². The smallest absolute Gasteiger partial charge is 0.306 e. The lowest BCUT2D eigenvalue weighted by atomic mass is 10.0. The van der Waals surface area contributed by atoms with Crippen LogP contribution in [0.25, 0.3) is 0 Å². The third-order valence-electron chi connectivity index (χ3n) is 18.1. The molecular formula is C62H105Cl7O6. The van der Waals surface area contributed by atoms with Gasteiger partial charge in [-0.25, -0.2) is 0 Å². The van der Waals surface area contributed by atoms with Crippen LogP contribution in [0.5, 0.6) is 0 Å². The van der Waals surface area contributed by atoms with Gasteiger partial charge in [-0.1, -0.05) is 194 Å². The molecule has 10 unspecified atom stereocenters. The van der Waals surface area contributed by atoms with Gasteiger partial charge in [0.15, 0.2) is 6.10 Å². The Labute approximate surface area is 493 Å². The van der Waals surface area contributed by atoms with Gasteiger partial charge in [-0.05, 0) is 118 Å². The van der Waals surface area contributed by atoms with Crippen molar-refractivity contribution in [2.24, 2.45) is 47.3 Å². The van der Waals surface area contributed by atoms with Gasteiger partial charge in [-0.3, -0.25) is 14.4 Å². The van der Waals surface area contributed by atoms with Crippen LogP contribution in [-0.2, 0) is 28.6 Å². The summed E-state index contributed by atoms with van der Waals surface area (Å²) in [5.74, 6) is 2.22. The van der Waals surface area contributed by atoms with Crippen LogP contribution in [-0.4, -0.2) is 55.1 Å². The summed E-state index contributed by atoms with van der Waals surface area (Å²) in [5.41, 5.74) is 0. The molecule has 75 heavy (non-hydrogen) atoms. The van der Waals surface area contributed by atoms with Crippen molar-refractivity contribution in [3.63, 3.8) is 0 Å². The van der Waals surface area contributed by atoms with E-state index in [9.17, 15) is 14.4 Å². The number of unbranched alkanes of at least 4 members (excludes halogenated alkanes) is 24. The first-order valence-corrected chi connectivity index (χ1v) is 33.9. The van der Waals surface area contributed by atoms with Crippen LogP contribution in [0.1, 0.15) is 285 Å². The molecule has 0 radical (unpaired) electrons. The Morgan fingerprint density at radius 2 is 0.600 bits per heavy atom. The first-order valence-electron chi connectivity index (χ1n) is 31.3. The van der Waals surface area contributed by atoms with Crippen molar-refractivity contribution < 1.29 is 28.6 Å². The molecule has 0 aromatic heterocycles. The molecule has 13 heteroatoms. The molecule has 4 aliphatic carbocycles. The highest BCUT2D eigenvalue weighted by molar-refractivity contribution is 6.52. The molecule has 4 fully saturated rings. The van der Waals surface area contributed by atoms with E-state index in [-0.39, 0.29) is 60.2 Å². The van der Waals surface area contributed by atoms with Gasteiger partial charge >= 0.3 is 17.9 Å². The van der Waals surface area contributed by atoms with Gasteiger partial charge in [0, 0.05) is 24.1 Å². The lowest BCUT2D eigenvalue weighted by Gasteiger charge is -2.18. The van der Waals surface area contributed by atoms with Crippen LogP contribution in [0.2, 0.25) is 0 Å². The third kappa shape index (κ3) is 24.8. The highest BCUT2D eigenvalue weighted by atomic mass is 35.5. The minimum Gasteiger partial charge on any atom is -0.462 e. The number of hydrogen-bond acceptors (Lipinski definition) is 6. The predicted octanol–water partition coefficient (Wildman–Crippen LogP) is 21.2. The van der Waals surface area contributed by atoms with Crippen molar-refractivity contribution in [2.75, 3.05) is 13.2 Å². The van der Waals surface area contributed by atoms with Crippen LogP contribution < -0.4 is 0 Å². The lowest BCUT2D eigenvalue weighted by Crippen LogP contribution is -2.30. The number of rotatable bonds is 49. The summed E-state index contributed by atoms with van der Waals surface area (Å²) in [4.78, 5) is 38.7. The van der Waals surface area contributed by atoms with Crippen LogP contribution in [0, 0.1) is 47.3 Å². The molecule has 4 saturated carbocycles. The summed E-state index contributed by atoms with van der Waals surface area (Å²) >= 11 is 47.1. The molecule has 10 atom stereocenters. The number of hydrogen-bond donors (Lipinski definition) is 0. The van der Waals surface area contributed by atoms with Gasteiger partial charge in [-0.15, -0.1) is 81.2 Å². The second-order valence-electron chi connectivity index (χ2n) is 24.3. The summed E-state index contributed by atoms with van der Waals surface area (Å²) in [6.07, 6.45) is 41.4. The molecule has 0 aromatic rings. The van der Waals surface area contributed by atoms with Crippen LogP contribution >= 0.6 is 81.2 Å². The second kappa shape index (κ2) is 36.1. The van der Waals surface area contributed by atoms with Gasteiger partial charge in [-0.2, -0.15) is 0 Å². The Bertz CT molecular complexity index is 1520. The van der Waals surface area contributed by atoms with E-state index in [2.05, 4.69) is 27.7 Å². The Hall–Kier alpha value is 0.440. The minimum atomic E-state index is -0.850. The van der Waals surface area contributed by atoms with E-state index < -0.39 is 19.1 Å². The molecule has 4 aliphatic rings. The fourth-order valence-corrected chi connectivity index (χ4v) is 15.9. The van der Waals surface area contributed by atoms with Crippen LogP contribution in [0.3, 0.4) is 0 Å². The molecule has 0 spiro atoms. The zero-order valence-corrected chi connectivity index (χ0v) is 52.8. The quantitative estimate of drug-likeness (QED) is 0.0261. The molecule has 0 bridgehead atoms. The van der Waals surface area contributed by atoms with Gasteiger partial charge < -0.3 is 14.2 Å². The molecule has 0 aromatic carbocycles. The maximum atomic E-state index is 13.1. The van der Waals surface area contributed by atoms with Gasteiger partial charge in [0.2, 0.25) is 0 Å². The van der Waals surface area contributed by atoms with E-state index in [1.54, 1.807) is 0 Å². The molecule has 438 valence electrons. The van der Waals surface area contributed by atoms with Gasteiger partial charge in [0.1, 0.15) is 26.2 Å². The van der Waals surface area contributed by atoms with Crippen molar-refractivity contribution in [2.45, 2.75) is 309 Å². The Balaban J connectivity index is 1.08. The zero-order chi connectivity index (χ0) is 54.7. The largest absolute Gasteiger partial charge is 0.462 e.